The molecular weight excluding hydrogens is 407 g/mol. The molecule has 2 aliphatic rings. The van der Waals surface area contributed by atoms with E-state index in [1.165, 1.54) is 25.9 Å². The van der Waals surface area contributed by atoms with Crippen molar-refractivity contribution < 1.29 is 9.59 Å². The van der Waals surface area contributed by atoms with Gasteiger partial charge < -0.3 is 14.8 Å². The maximum atomic E-state index is 12.5. The normalized spacial score (nSPS) is 21.6. The minimum Gasteiger partial charge on any atom is -0.356 e. The van der Waals surface area contributed by atoms with E-state index >= 15 is 0 Å². The number of hydrogen-bond donors (Lipinski definition) is 1. The maximum Gasteiger partial charge on any atom is 0.270 e. The molecule has 0 aromatic carbocycles. The molecule has 23 heavy (non-hydrogen) atoms. The van der Waals surface area contributed by atoms with Crippen LogP contribution in [0.2, 0.25) is 0 Å². The number of aromatic nitrogens is 1. The Morgan fingerprint density at radius 1 is 1.13 bits per heavy atom. The largest absolute Gasteiger partial charge is 0.356 e. The molecule has 0 radical (unpaired) electrons. The highest BCUT2D eigenvalue weighted by atomic mass is 127. The zero-order valence-electron chi connectivity index (χ0n) is 13.4. The zero-order chi connectivity index (χ0) is 16.4. The van der Waals surface area contributed by atoms with Crippen molar-refractivity contribution >= 4 is 32.3 Å². The van der Waals surface area contributed by atoms with Crippen LogP contribution in [0.15, 0.2) is 12.3 Å². The van der Waals surface area contributed by atoms with E-state index in [-0.39, 0.29) is 9.70 Å². The van der Waals surface area contributed by atoms with Crippen molar-refractivity contribution in [3.8, 4) is 0 Å². The third-order valence-electron chi connectivity index (χ3n) is 4.95. The number of likely N-dealkylation sites (tertiary alicyclic amines) is 1. The Balaban J connectivity index is 1.53. The van der Waals surface area contributed by atoms with E-state index in [1.54, 1.807) is 34.9 Å². The molecule has 1 aromatic rings. The van der Waals surface area contributed by atoms with Crippen molar-refractivity contribution in [3.63, 3.8) is 0 Å². The third kappa shape index (κ3) is 3.95. The summed E-state index contributed by atoms with van der Waals surface area (Å²) in [5.41, 5.74) is 1.07. The lowest BCUT2D eigenvalue weighted by Crippen LogP contribution is -2.54. The molecule has 0 aliphatic carbocycles. The second-order valence-electron chi connectivity index (χ2n) is 6.44. The average molecular weight is 430 g/mol. The van der Waals surface area contributed by atoms with Crippen LogP contribution in [-0.2, 0) is 0 Å². The topological polar surface area (TPSA) is 59.6 Å². The van der Waals surface area contributed by atoms with E-state index in [9.17, 15) is 9.59 Å². The third-order valence-corrected chi connectivity index (χ3v) is 5.57. The highest BCUT2D eigenvalue weighted by Crippen LogP contribution is 2.18. The second kappa shape index (κ2) is 7.31. The molecule has 2 fully saturated rings. The summed E-state index contributed by atoms with van der Waals surface area (Å²) in [4.78, 5) is 33.6. The van der Waals surface area contributed by atoms with Gasteiger partial charge in [-0.15, -0.1) is 0 Å². The molecule has 1 aromatic heterocycles. The van der Waals surface area contributed by atoms with E-state index in [2.05, 4.69) is 21.8 Å². The quantitative estimate of drug-likeness (QED) is 0.583. The predicted molar refractivity (Wildman–Crippen MR) is 97.1 cm³/mol. The Morgan fingerprint density at radius 3 is 2.35 bits per heavy atom. The SMILES string of the molecule is CN1CCC(N2CCN(C(=O)c3cc(C(=O)I)c[nH]3)CC2)CC1. The fourth-order valence-electron chi connectivity index (χ4n) is 3.45. The Bertz CT molecular complexity index is 572. The monoisotopic (exact) mass is 430 g/mol. The van der Waals surface area contributed by atoms with Gasteiger partial charge in [-0.2, -0.15) is 0 Å². The summed E-state index contributed by atoms with van der Waals surface area (Å²) < 4.78 is -0.0509. The van der Waals surface area contributed by atoms with Crippen LogP contribution < -0.4 is 0 Å². The van der Waals surface area contributed by atoms with Gasteiger partial charge in [-0.3, -0.25) is 14.5 Å². The molecule has 1 N–H and O–H groups in total. The number of piperidine rings is 1. The van der Waals surface area contributed by atoms with E-state index in [0.29, 0.717) is 17.3 Å². The summed E-state index contributed by atoms with van der Waals surface area (Å²) in [6.07, 6.45) is 4.06. The van der Waals surface area contributed by atoms with Gasteiger partial charge in [0, 0.05) is 66.6 Å². The summed E-state index contributed by atoms with van der Waals surface area (Å²) in [6, 6.07) is 2.32. The van der Waals surface area contributed by atoms with Gasteiger partial charge in [0.05, 0.1) is 0 Å². The Kier molecular flexibility index (Phi) is 5.38. The summed E-state index contributed by atoms with van der Waals surface area (Å²) in [7, 11) is 2.18. The Hall–Kier alpha value is -0.930. The minimum atomic E-state index is -0.0509. The molecule has 0 atom stereocenters. The van der Waals surface area contributed by atoms with Gasteiger partial charge in [0.15, 0.2) is 0 Å². The van der Waals surface area contributed by atoms with Crippen LogP contribution >= 0.6 is 22.6 Å². The number of H-pyrrole nitrogens is 1. The first-order valence-electron chi connectivity index (χ1n) is 8.14. The molecule has 126 valence electrons. The molecule has 2 aliphatic heterocycles. The molecule has 1 amide bonds. The van der Waals surface area contributed by atoms with Crippen LogP contribution in [0.1, 0.15) is 33.7 Å². The van der Waals surface area contributed by atoms with Gasteiger partial charge in [-0.25, -0.2) is 0 Å². The molecular formula is C16H23IN4O2. The van der Waals surface area contributed by atoms with Crippen molar-refractivity contribution in [3.05, 3.63) is 23.5 Å². The van der Waals surface area contributed by atoms with Crippen molar-refractivity contribution in [2.24, 2.45) is 0 Å². The maximum absolute atomic E-state index is 12.5. The van der Waals surface area contributed by atoms with E-state index in [1.807, 2.05) is 4.90 Å². The number of carbonyl (C=O) groups is 2. The van der Waals surface area contributed by atoms with Crippen LogP contribution in [-0.4, -0.2) is 81.7 Å². The van der Waals surface area contributed by atoms with Crippen LogP contribution in [0.4, 0.5) is 0 Å². The van der Waals surface area contributed by atoms with Gasteiger partial charge in [-0.1, -0.05) is 0 Å². The summed E-state index contributed by atoms with van der Waals surface area (Å²) in [6.45, 7) is 5.74. The van der Waals surface area contributed by atoms with Gasteiger partial charge in [0.1, 0.15) is 5.69 Å². The first kappa shape index (κ1) is 16.9. The lowest BCUT2D eigenvalue weighted by Gasteiger charge is -2.42. The standard InChI is InChI=1S/C16H23IN4O2/c1-19-4-2-13(3-5-19)20-6-8-21(9-7-20)16(23)14-10-12(11-18-14)15(17)22/h10-11,13,18H,2-9H2,1H3. The average Bonchev–Trinajstić information content (AvgIpc) is 3.05. The molecule has 7 heteroatoms. The van der Waals surface area contributed by atoms with Crippen LogP contribution in [0.3, 0.4) is 0 Å². The number of carbonyl (C=O) groups excluding carboxylic acids is 2. The van der Waals surface area contributed by atoms with Gasteiger partial charge in [-0.05, 0) is 39.0 Å². The number of aromatic amines is 1. The Morgan fingerprint density at radius 2 is 1.78 bits per heavy atom. The highest BCUT2D eigenvalue weighted by Gasteiger charge is 2.28. The van der Waals surface area contributed by atoms with Crippen molar-refractivity contribution in [2.75, 3.05) is 46.3 Å². The van der Waals surface area contributed by atoms with Crippen molar-refractivity contribution in [1.82, 2.24) is 19.7 Å². The summed E-state index contributed by atoms with van der Waals surface area (Å²) >= 11 is 1.73. The number of nitrogens with one attached hydrogen (secondary N) is 1. The summed E-state index contributed by atoms with van der Waals surface area (Å²) in [5.74, 6) is -0.00284. The first-order valence-corrected chi connectivity index (χ1v) is 9.22. The molecule has 6 nitrogen and oxygen atoms in total. The number of nitrogens with zero attached hydrogens (tertiary/aromatic N) is 3. The van der Waals surface area contributed by atoms with Crippen molar-refractivity contribution in [2.45, 2.75) is 18.9 Å². The van der Waals surface area contributed by atoms with Crippen LogP contribution in [0, 0.1) is 0 Å². The molecule has 3 heterocycles. The lowest BCUT2D eigenvalue weighted by molar-refractivity contribution is 0.0471. The number of halogens is 1. The van der Waals surface area contributed by atoms with Gasteiger partial charge >= 0.3 is 0 Å². The number of hydrogen-bond acceptors (Lipinski definition) is 4. The van der Waals surface area contributed by atoms with Gasteiger partial charge in [0.25, 0.3) is 5.91 Å². The second-order valence-corrected chi connectivity index (χ2v) is 7.42. The fourth-order valence-corrected chi connectivity index (χ4v) is 3.76. The van der Waals surface area contributed by atoms with Crippen LogP contribution in [0.25, 0.3) is 0 Å². The smallest absolute Gasteiger partial charge is 0.270 e. The zero-order valence-corrected chi connectivity index (χ0v) is 15.6. The van der Waals surface area contributed by atoms with E-state index in [4.69, 9.17) is 0 Å². The minimum absolute atomic E-state index is 0.00284. The predicted octanol–water partition coefficient (Wildman–Crippen LogP) is 1.44. The number of amides is 1. The summed E-state index contributed by atoms with van der Waals surface area (Å²) in [5, 5.41) is 0. The van der Waals surface area contributed by atoms with E-state index in [0.717, 1.165) is 26.2 Å². The molecule has 0 bridgehead atoms. The number of piperazine rings is 1. The van der Waals surface area contributed by atoms with Gasteiger partial charge in [0.2, 0.25) is 3.79 Å². The molecule has 0 saturated carbocycles. The molecule has 0 unspecified atom stereocenters. The Labute approximate surface area is 150 Å². The lowest BCUT2D eigenvalue weighted by atomic mass is 10.0. The first-order chi connectivity index (χ1) is 11.0. The van der Waals surface area contributed by atoms with E-state index < -0.39 is 0 Å². The number of rotatable bonds is 3. The van der Waals surface area contributed by atoms with Crippen molar-refractivity contribution in [1.29, 1.82) is 0 Å². The fraction of sp³-hybridized carbons (Fsp3) is 0.625. The highest BCUT2D eigenvalue weighted by molar-refractivity contribution is 14.1. The molecule has 0 spiro atoms. The van der Waals surface area contributed by atoms with Crippen LogP contribution in [0.5, 0.6) is 0 Å². The molecule has 3 rings (SSSR count). The molecule has 2 saturated heterocycles.